The van der Waals surface area contributed by atoms with Crippen LogP contribution >= 0.6 is 0 Å². The quantitative estimate of drug-likeness (QED) is 0.861. The highest BCUT2D eigenvalue weighted by Gasteiger charge is 2.51. The molecule has 1 fully saturated rings. The third kappa shape index (κ3) is 3.23. The summed E-state index contributed by atoms with van der Waals surface area (Å²) < 4.78 is 5.19. The van der Waals surface area contributed by atoms with Crippen LogP contribution in [0.3, 0.4) is 0 Å². The van der Waals surface area contributed by atoms with Crippen molar-refractivity contribution in [1.82, 2.24) is 15.5 Å². The van der Waals surface area contributed by atoms with Crippen LogP contribution in [0, 0.1) is 6.92 Å². The minimum atomic E-state index is -0.359. The summed E-state index contributed by atoms with van der Waals surface area (Å²) in [7, 11) is 1.65. The van der Waals surface area contributed by atoms with E-state index in [1.165, 1.54) is 0 Å². The van der Waals surface area contributed by atoms with E-state index in [2.05, 4.69) is 15.5 Å². The van der Waals surface area contributed by atoms with Crippen LogP contribution in [0.25, 0.3) is 0 Å². The van der Waals surface area contributed by atoms with Crippen molar-refractivity contribution in [2.24, 2.45) is 0 Å². The van der Waals surface area contributed by atoms with E-state index in [-0.39, 0.29) is 17.4 Å². The Hall–Kier alpha value is -2.30. The number of hydrogen-bond donors (Lipinski definition) is 2. The Bertz CT molecular complexity index is 687. The van der Waals surface area contributed by atoms with Crippen LogP contribution in [0.5, 0.6) is 5.75 Å². The smallest absolute Gasteiger partial charge is 0.230 e. The molecule has 0 spiro atoms. The van der Waals surface area contributed by atoms with Crippen LogP contribution in [0.1, 0.15) is 36.7 Å². The maximum absolute atomic E-state index is 12.7. The van der Waals surface area contributed by atoms with Crippen LogP contribution < -0.4 is 10.1 Å². The SMILES string of the molecule is COc1ccc(C2(C(=O)N[C@H](C)Cc3cc(C)[nH]n3)CC2)cc1. The average molecular weight is 313 g/mol. The molecule has 3 rings (SSSR count). The molecule has 5 heteroatoms. The first-order valence-corrected chi connectivity index (χ1v) is 8.00. The molecule has 0 bridgehead atoms. The third-order valence-corrected chi connectivity index (χ3v) is 4.48. The molecule has 0 saturated heterocycles. The van der Waals surface area contributed by atoms with Crippen LogP contribution in [0.4, 0.5) is 0 Å². The lowest BCUT2D eigenvalue weighted by Gasteiger charge is -2.20. The number of aryl methyl sites for hydroxylation is 1. The highest BCUT2D eigenvalue weighted by molar-refractivity contribution is 5.91. The van der Waals surface area contributed by atoms with E-state index < -0.39 is 0 Å². The van der Waals surface area contributed by atoms with Gasteiger partial charge in [-0.3, -0.25) is 9.89 Å². The molecule has 1 aliphatic rings. The number of nitrogens with zero attached hydrogens (tertiary/aromatic N) is 1. The number of carbonyl (C=O) groups is 1. The van der Waals surface area contributed by atoms with Gasteiger partial charge in [-0.2, -0.15) is 5.10 Å². The van der Waals surface area contributed by atoms with Gasteiger partial charge in [0.1, 0.15) is 5.75 Å². The number of methoxy groups -OCH3 is 1. The van der Waals surface area contributed by atoms with E-state index in [1.807, 2.05) is 44.2 Å². The molecule has 0 radical (unpaired) electrons. The van der Waals surface area contributed by atoms with E-state index in [0.29, 0.717) is 0 Å². The maximum Gasteiger partial charge on any atom is 0.230 e. The Balaban J connectivity index is 1.64. The molecule has 122 valence electrons. The Labute approximate surface area is 136 Å². The second-order valence-electron chi connectivity index (χ2n) is 6.43. The fraction of sp³-hybridized carbons (Fsp3) is 0.444. The second kappa shape index (κ2) is 6.07. The van der Waals surface area contributed by atoms with Crippen molar-refractivity contribution in [1.29, 1.82) is 0 Å². The number of nitrogens with one attached hydrogen (secondary N) is 2. The Morgan fingerprint density at radius 1 is 1.39 bits per heavy atom. The normalized spacial score (nSPS) is 16.7. The predicted octanol–water partition coefficient (Wildman–Crippen LogP) is 2.51. The van der Waals surface area contributed by atoms with Crippen molar-refractivity contribution in [2.75, 3.05) is 7.11 Å². The highest BCUT2D eigenvalue weighted by Crippen LogP contribution is 2.48. The van der Waals surface area contributed by atoms with Crippen molar-refractivity contribution in [3.05, 3.63) is 47.3 Å². The van der Waals surface area contributed by atoms with Crippen LogP contribution in [-0.2, 0) is 16.6 Å². The number of carbonyl (C=O) groups excluding carboxylic acids is 1. The van der Waals surface area contributed by atoms with Gasteiger partial charge in [0.05, 0.1) is 18.2 Å². The predicted molar refractivity (Wildman–Crippen MR) is 88.5 cm³/mol. The molecule has 2 N–H and O–H groups in total. The van der Waals surface area contributed by atoms with Gasteiger partial charge in [-0.15, -0.1) is 0 Å². The fourth-order valence-electron chi connectivity index (χ4n) is 2.99. The number of hydrogen-bond acceptors (Lipinski definition) is 3. The van der Waals surface area contributed by atoms with Crippen LogP contribution in [0.15, 0.2) is 30.3 Å². The largest absolute Gasteiger partial charge is 0.497 e. The van der Waals surface area contributed by atoms with Gasteiger partial charge in [0.15, 0.2) is 0 Å². The zero-order valence-corrected chi connectivity index (χ0v) is 13.8. The zero-order valence-electron chi connectivity index (χ0n) is 13.8. The van der Waals surface area contributed by atoms with Gasteiger partial charge in [-0.1, -0.05) is 12.1 Å². The van der Waals surface area contributed by atoms with E-state index in [4.69, 9.17) is 4.74 Å². The molecular weight excluding hydrogens is 290 g/mol. The molecule has 1 aliphatic carbocycles. The molecule has 2 aromatic rings. The minimum Gasteiger partial charge on any atom is -0.497 e. The summed E-state index contributed by atoms with van der Waals surface area (Å²) in [4.78, 5) is 12.7. The first-order chi connectivity index (χ1) is 11.0. The van der Waals surface area contributed by atoms with Crippen molar-refractivity contribution < 1.29 is 9.53 Å². The van der Waals surface area contributed by atoms with Gasteiger partial charge in [0, 0.05) is 18.2 Å². The third-order valence-electron chi connectivity index (χ3n) is 4.48. The second-order valence-corrected chi connectivity index (χ2v) is 6.43. The molecule has 1 atom stereocenters. The summed E-state index contributed by atoms with van der Waals surface area (Å²) in [5.74, 6) is 0.926. The number of H-pyrrole nitrogens is 1. The van der Waals surface area contributed by atoms with Crippen molar-refractivity contribution in [3.8, 4) is 5.75 Å². The summed E-state index contributed by atoms with van der Waals surface area (Å²) >= 11 is 0. The lowest BCUT2D eigenvalue weighted by Crippen LogP contribution is -2.41. The first-order valence-electron chi connectivity index (χ1n) is 8.00. The highest BCUT2D eigenvalue weighted by atomic mass is 16.5. The molecule has 1 aromatic carbocycles. The number of rotatable bonds is 6. The van der Waals surface area contributed by atoms with E-state index in [1.54, 1.807) is 7.11 Å². The maximum atomic E-state index is 12.7. The minimum absolute atomic E-state index is 0.0564. The topological polar surface area (TPSA) is 67.0 Å². The van der Waals surface area contributed by atoms with E-state index >= 15 is 0 Å². The Morgan fingerprint density at radius 2 is 2.09 bits per heavy atom. The molecular formula is C18H23N3O2. The van der Waals surface area contributed by atoms with Crippen molar-refractivity contribution in [2.45, 2.75) is 44.6 Å². The van der Waals surface area contributed by atoms with Crippen LogP contribution in [-0.4, -0.2) is 29.3 Å². The molecule has 23 heavy (non-hydrogen) atoms. The molecule has 5 nitrogen and oxygen atoms in total. The Morgan fingerprint density at radius 3 is 2.61 bits per heavy atom. The summed E-state index contributed by atoms with van der Waals surface area (Å²) in [5.41, 5.74) is 2.72. The van der Waals surface area contributed by atoms with Crippen molar-refractivity contribution >= 4 is 5.91 Å². The molecule has 1 amide bonds. The summed E-state index contributed by atoms with van der Waals surface area (Å²) in [5, 5.41) is 10.3. The van der Waals surface area contributed by atoms with Gasteiger partial charge >= 0.3 is 0 Å². The number of amides is 1. The number of ether oxygens (including phenoxy) is 1. The van der Waals surface area contributed by atoms with Gasteiger partial charge in [0.25, 0.3) is 0 Å². The van der Waals surface area contributed by atoms with E-state index in [0.717, 1.165) is 42.0 Å². The van der Waals surface area contributed by atoms with E-state index in [9.17, 15) is 4.79 Å². The van der Waals surface area contributed by atoms with Gasteiger partial charge < -0.3 is 10.1 Å². The number of benzene rings is 1. The number of aromatic nitrogens is 2. The summed E-state index contributed by atoms with van der Waals surface area (Å²) in [6.07, 6.45) is 2.54. The number of aromatic amines is 1. The lowest BCUT2D eigenvalue weighted by molar-refractivity contribution is -0.124. The summed E-state index contributed by atoms with van der Waals surface area (Å²) in [6.45, 7) is 3.99. The first kappa shape index (κ1) is 15.6. The van der Waals surface area contributed by atoms with Gasteiger partial charge in [0.2, 0.25) is 5.91 Å². The molecule has 1 aromatic heterocycles. The fourth-order valence-corrected chi connectivity index (χ4v) is 2.99. The van der Waals surface area contributed by atoms with Gasteiger partial charge in [-0.05, 0) is 50.5 Å². The van der Waals surface area contributed by atoms with Crippen molar-refractivity contribution in [3.63, 3.8) is 0 Å². The zero-order chi connectivity index (χ0) is 16.4. The van der Waals surface area contributed by atoms with Gasteiger partial charge in [-0.25, -0.2) is 0 Å². The lowest BCUT2D eigenvalue weighted by atomic mass is 9.94. The monoisotopic (exact) mass is 313 g/mol. The van der Waals surface area contributed by atoms with Crippen LogP contribution in [0.2, 0.25) is 0 Å². The summed E-state index contributed by atoms with van der Waals surface area (Å²) in [6, 6.07) is 9.89. The molecule has 0 aliphatic heterocycles. The average Bonchev–Trinajstić information content (AvgIpc) is 3.26. The standard InChI is InChI=1S/C18H23N3O2/c1-12(10-15-11-13(2)20-21-15)19-17(22)18(8-9-18)14-4-6-16(23-3)7-5-14/h4-7,11-12H,8-10H2,1-3H3,(H,19,22)(H,20,21)/t12-/m1/s1. The molecule has 1 saturated carbocycles. The molecule has 0 unspecified atom stereocenters. The molecule has 1 heterocycles. The Kier molecular flexibility index (Phi) is 4.11.